The molecule has 0 spiro atoms. The lowest BCUT2D eigenvalue weighted by Gasteiger charge is -2.33. The first-order valence-corrected chi connectivity index (χ1v) is 5.36. The second-order valence-electron chi connectivity index (χ2n) is 4.07. The van der Waals surface area contributed by atoms with E-state index >= 15 is 0 Å². The molecule has 0 amide bonds. The summed E-state index contributed by atoms with van der Waals surface area (Å²) in [6.07, 6.45) is 5.09. The molecular formula is C12H13N3O. The van der Waals surface area contributed by atoms with Crippen LogP contribution < -0.4 is 4.90 Å². The third kappa shape index (κ3) is 1.34. The first kappa shape index (κ1) is 9.27. The molecule has 2 aromatic rings. The molecule has 82 valence electrons. The molecule has 0 saturated carbocycles. The van der Waals surface area contributed by atoms with E-state index in [1.54, 1.807) is 6.20 Å². The van der Waals surface area contributed by atoms with Crippen LogP contribution in [0.2, 0.25) is 0 Å². The summed E-state index contributed by atoms with van der Waals surface area (Å²) in [5, 5.41) is 9.28. The van der Waals surface area contributed by atoms with Crippen molar-refractivity contribution in [1.82, 2.24) is 9.38 Å². The van der Waals surface area contributed by atoms with Crippen LogP contribution in [-0.2, 0) is 0 Å². The molecule has 0 aliphatic carbocycles. The summed E-state index contributed by atoms with van der Waals surface area (Å²) in [5.74, 6) is 0.00852. The van der Waals surface area contributed by atoms with Gasteiger partial charge < -0.3 is 14.4 Å². The first-order chi connectivity index (χ1) is 7.74. The van der Waals surface area contributed by atoms with Crippen LogP contribution in [0.5, 0.6) is 0 Å². The molecule has 1 N–H and O–H groups in total. The van der Waals surface area contributed by atoms with Crippen molar-refractivity contribution in [3.05, 3.63) is 36.8 Å². The van der Waals surface area contributed by atoms with E-state index in [1.807, 2.05) is 16.7 Å². The van der Waals surface area contributed by atoms with Gasteiger partial charge in [0, 0.05) is 25.5 Å². The molecule has 0 atom stereocenters. The predicted molar refractivity (Wildman–Crippen MR) is 63.7 cm³/mol. The number of aliphatic hydroxyl groups excluding tert-OH is 1. The van der Waals surface area contributed by atoms with Crippen LogP contribution in [0, 0.1) is 0 Å². The zero-order chi connectivity index (χ0) is 11.1. The highest BCUT2D eigenvalue weighted by atomic mass is 16.3. The summed E-state index contributed by atoms with van der Waals surface area (Å²) in [6, 6.07) is 4.02. The molecule has 3 heterocycles. The average Bonchev–Trinajstić information content (AvgIpc) is 2.57. The molecule has 0 radical (unpaired) electrons. The van der Waals surface area contributed by atoms with Crippen LogP contribution in [0.3, 0.4) is 0 Å². The molecule has 0 unspecified atom stereocenters. The van der Waals surface area contributed by atoms with E-state index in [9.17, 15) is 5.11 Å². The van der Waals surface area contributed by atoms with Gasteiger partial charge in [-0.15, -0.1) is 0 Å². The van der Waals surface area contributed by atoms with Gasteiger partial charge in [-0.25, -0.2) is 4.98 Å². The molecule has 1 aliphatic rings. The number of aromatic nitrogens is 2. The number of anilines is 1. The lowest BCUT2D eigenvalue weighted by molar-refractivity contribution is 0.511. The number of aliphatic hydroxyl groups is 1. The van der Waals surface area contributed by atoms with E-state index < -0.39 is 0 Å². The monoisotopic (exact) mass is 215 g/mol. The minimum atomic E-state index is 0.00852. The van der Waals surface area contributed by atoms with Crippen molar-refractivity contribution in [2.45, 2.75) is 6.42 Å². The van der Waals surface area contributed by atoms with Gasteiger partial charge in [-0.05, 0) is 18.6 Å². The minimum absolute atomic E-state index is 0.00852. The Hall–Kier alpha value is -1.97. The summed E-state index contributed by atoms with van der Waals surface area (Å²) in [4.78, 5) is 6.56. The van der Waals surface area contributed by atoms with Gasteiger partial charge in [0.25, 0.3) is 0 Å². The van der Waals surface area contributed by atoms with Gasteiger partial charge >= 0.3 is 0 Å². The Labute approximate surface area is 93.5 Å². The SMILES string of the molecule is C=C(O)c1cn2cc(N3CCC3)ccc2n1. The Morgan fingerprint density at radius 1 is 1.31 bits per heavy atom. The third-order valence-electron chi connectivity index (χ3n) is 2.95. The van der Waals surface area contributed by atoms with Crippen LogP contribution in [0.4, 0.5) is 5.69 Å². The highest BCUT2D eigenvalue weighted by Crippen LogP contribution is 2.21. The molecule has 4 heteroatoms. The molecule has 16 heavy (non-hydrogen) atoms. The highest BCUT2D eigenvalue weighted by molar-refractivity contribution is 5.59. The fourth-order valence-corrected chi connectivity index (χ4v) is 1.88. The van der Waals surface area contributed by atoms with Crippen molar-refractivity contribution in [3.8, 4) is 0 Å². The number of hydrogen-bond acceptors (Lipinski definition) is 3. The van der Waals surface area contributed by atoms with Crippen molar-refractivity contribution in [2.75, 3.05) is 18.0 Å². The number of hydrogen-bond donors (Lipinski definition) is 1. The average molecular weight is 215 g/mol. The zero-order valence-electron chi connectivity index (χ0n) is 8.93. The van der Waals surface area contributed by atoms with Gasteiger partial charge in [-0.1, -0.05) is 6.58 Å². The maximum atomic E-state index is 9.28. The highest BCUT2D eigenvalue weighted by Gasteiger charge is 2.15. The standard InChI is InChI=1S/C12H13N3O/c1-9(16)11-8-15-7-10(14-5-2-6-14)3-4-12(15)13-11/h3-4,7-8,16H,1-2,5-6H2. The summed E-state index contributed by atoms with van der Waals surface area (Å²) < 4.78 is 1.92. The second-order valence-corrected chi connectivity index (χ2v) is 4.07. The zero-order valence-corrected chi connectivity index (χ0v) is 8.93. The first-order valence-electron chi connectivity index (χ1n) is 5.36. The molecule has 0 bridgehead atoms. The summed E-state index contributed by atoms with van der Waals surface area (Å²) in [7, 11) is 0. The number of rotatable bonds is 2. The number of nitrogens with zero attached hydrogens (tertiary/aromatic N) is 3. The molecule has 1 aliphatic heterocycles. The minimum Gasteiger partial charge on any atom is -0.506 e. The maximum Gasteiger partial charge on any atom is 0.137 e. The topological polar surface area (TPSA) is 40.8 Å². The molecular weight excluding hydrogens is 202 g/mol. The van der Waals surface area contributed by atoms with Gasteiger partial charge in [-0.2, -0.15) is 0 Å². The Bertz CT molecular complexity index is 554. The molecule has 3 rings (SSSR count). The fraction of sp³-hybridized carbons (Fsp3) is 0.250. The van der Waals surface area contributed by atoms with Crippen molar-refractivity contribution in [1.29, 1.82) is 0 Å². The quantitative estimate of drug-likeness (QED) is 0.780. The van der Waals surface area contributed by atoms with Crippen LogP contribution >= 0.6 is 0 Å². The predicted octanol–water partition coefficient (Wildman–Crippen LogP) is 2.07. The van der Waals surface area contributed by atoms with Gasteiger partial charge in [-0.3, -0.25) is 0 Å². The normalized spacial score (nSPS) is 15.1. The van der Waals surface area contributed by atoms with Gasteiger partial charge in [0.15, 0.2) is 0 Å². The Kier molecular flexibility index (Phi) is 1.89. The molecule has 1 saturated heterocycles. The van der Waals surface area contributed by atoms with Crippen LogP contribution in [0.15, 0.2) is 31.1 Å². The van der Waals surface area contributed by atoms with Crippen molar-refractivity contribution >= 4 is 17.1 Å². The second kappa shape index (κ2) is 3.27. The Balaban J connectivity index is 2.06. The van der Waals surface area contributed by atoms with Crippen LogP contribution in [0.1, 0.15) is 12.1 Å². The largest absolute Gasteiger partial charge is 0.506 e. The third-order valence-corrected chi connectivity index (χ3v) is 2.95. The molecule has 1 fully saturated rings. The van der Waals surface area contributed by atoms with Crippen molar-refractivity contribution < 1.29 is 5.11 Å². The van der Waals surface area contributed by atoms with Gasteiger partial charge in [0.05, 0.1) is 5.69 Å². The number of imidazole rings is 1. The molecule has 4 nitrogen and oxygen atoms in total. The summed E-state index contributed by atoms with van der Waals surface area (Å²) >= 11 is 0. The van der Waals surface area contributed by atoms with E-state index in [2.05, 4.69) is 22.5 Å². The fourth-order valence-electron chi connectivity index (χ4n) is 1.88. The Morgan fingerprint density at radius 3 is 2.75 bits per heavy atom. The lowest BCUT2D eigenvalue weighted by atomic mass is 10.2. The van der Waals surface area contributed by atoms with Gasteiger partial charge in [0.1, 0.15) is 17.1 Å². The van der Waals surface area contributed by atoms with E-state index in [0.717, 1.165) is 18.7 Å². The van der Waals surface area contributed by atoms with Crippen molar-refractivity contribution in [3.63, 3.8) is 0 Å². The lowest BCUT2D eigenvalue weighted by Crippen LogP contribution is -2.37. The van der Waals surface area contributed by atoms with Gasteiger partial charge in [0.2, 0.25) is 0 Å². The number of pyridine rings is 1. The smallest absolute Gasteiger partial charge is 0.137 e. The maximum absolute atomic E-state index is 9.28. The van der Waals surface area contributed by atoms with E-state index in [0.29, 0.717) is 5.69 Å². The van der Waals surface area contributed by atoms with Crippen LogP contribution in [0.25, 0.3) is 11.4 Å². The van der Waals surface area contributed by atoms with Crippen molar-refractivity contribution in [2.24, 2.45) is 0 Å². The van der Waals surface area contributed by atoms with E-state index in [1.165, 1.54) is 12.1 Å². The Morgan fingerprint density at radius 2 is 2.12 bits per heavy atom. The van der Waals surface area contributed by atoms with E-state index in [-0.39, 0.29) is 5.76 Å². The summed E-state index contributed by atoms with van der Waals surface area (Å²) in [6.45, 7) is 5.72. The molecule has 2 aromatic heterocycles. The van der Waals surface area contributed by atoms with E-state index in [4.69, 9.17) is 0 Å². The summed E-state index contributed by atoms with van der Waals surface area (Å²) in [5.41, 5.74) is 2.56. The number of fused-ring (bicyclic) bond motifs is 1. The molecule has 0 aromatic carbocycles. The van der Waals surface area contributed by atoms with Crippen LogP contribution in [-0.4, -0.2) is 27.6 Å².